The van der Waals surface area contributed by atoms with Crippen LogP contribution in [0.1, 0.15) is 40.5 Å². The van der Waals surface area contributed by atoms with E-state index in [1.807, 2.05) is 0 Å². The molecule has 0 radical (unpaired) electrons. The van der Waals surface area contributed by atoms with Gasteiger partial charge in [0.15, 0.2) is 8.32 Å². The molecule has 108 valence electrons. The first-order chi connectivity index (χ1) is 8.10. The summed E-state index contributed by atoms with van der Waals surface area (Å²) in [4.78, 5) is 10.7. The third-order valence-electron chi connectivity index (χ3n) is 3.46. The van der Waals surface area contributed by atoms with Gasteiger partial charge in [-0.2, -0.15) is 0 Å². The lowest BCUT2D eigenvalue weighted by Crippen LogP contribution is -2.44. The Morgan fingerprint density at radius 3 is 2.22 bits per heavy atom. The molecule has 0 aromatic rings. The number of hydrogen-bond acceptors (Lipinski definition) is 4. The van der Waals surface area contributed by atoms with Crippen LogP contribution in [0.3, 0.4) is 0 Å². The average molecular weight is 276 g/mol. The Bertz CT molecular complexity index is 258. The van der Waals surface area contributed by atoms with E-state index in [2.05, 4.69) is 33.9 Å². The second kappa shape index (κ2) is 7.26. The lowest BCUT2D eigenvalue weighted by Gasteiger charge is -2.39. The van der Waals surface area contributed by atoms with E-state index < -0.39 is 8.32 Å². The summed E-state index contributed by atoms with van der Waals surface area (Å²) in [6.45, 7) is 12.8. The standard InChI is InChI=1S/C13H28O4Si/c1-11(15)16-10-8-12(7-9-14)17-18(5,6)13(2,3)4/h12,14H,7-10H2,1-6H3. The number of ether oxygens (including phenoxy) is 1. The molecule has 0 aromatic carbocycles. The van der Waals surface area contributed by atoms with Crippen LogP contribution in [-0.2, 0) is 14.0 Å². The minimum absolute atomic E-state index is 0.0322. The van der Waals surface area contributed by atoms with Crippen molar-refractivity contribution in [2.75, 3.05) is 13.2 Å². The Morgan fingerprint density at radius 1 is 1.28 bits per heavy atom. The van der Waals surface area contributed by atoms with Crippen LogP contribution in [0.2, 0.25) is 18.1 Å². The predicted octanol–water partition coefficient (Wildman–Crippen LogP) is 2.71. The van der Waals surface area contributed by atoms with Crippen LogP contribution in [0.25, 0.3) is 0 Å². The van der Waals surface area contributed by atoms with E-state index in [4.69, 9.17) is 14.3 Å². The van der Waals surface area contributed by atoms with Gasteiger partial charge in [0.25, 0.3) is 0 Å². The lowest BCUT2D eigenvalue weighted by molar-refractivity contribution is -0.141. The van der Waals surface area contributed by atoms with E-state index in [1.54, 1.807) is 0 Å². The fraction of sp³-hybridized carbons (Fsp3) is 0.923. The van der Waals surface area contributed by atoms with Crippen LogP contribution in [0.5, 0.6) is 0 Å². The largest absolute Gasteiger partial charge is 0.466 e. The van der Waals surface area contributed by atoms with Gasteiger partial charge in [-0.1, -0.05) is 20.8 Å². The van der Waals surface area contributed by atoms with E-state index in [-0.39, 0.29) is 23.7 Å². The van der Waals surface area contributed by atoms with Crippen LogP contribution >= 0.6 is 0 Å². The summed E-state index contributed by atoms with van der Waals surface area (Å²) in [7, 11) is -1.83. The zero-order valence-corrected chi connectivity index (χ0v) is 13.6. The molecule has 0 heterocycles. The first-order valence-corrected chi connectivity index (χ1v) is 9.43. The van der Waals surface area contributed by atoms with Gasteiger partial charge in [-0.05, 0) is 24.6 Å². The van der Waals surface area contributed by atoms with Crippen molar-refractivity contribution in [2.45, 2.75) is 64.8 Å². The van der Waals surface area contributed by atoms with Crippen molar-refractivity contribution in [1.29, 1.82) is 0 Å². The van der Waals surface area contributed by atoms with Crippen molar-refractivity contribution < 1.29 is 19.1 Å². The van der Waals surface area contributed by atoms with Crippen molar-refractivity contribution in [2.24, 2.45) is 0 Å². The van der Waals surface area contributed by atoms with Gasteiger partial charge in [-0.3, -0.25) is 4.79 Å². The normalized spacial score (nSPS) is 14.4. The molecule has 0 rings (SSSR count). The minimum Gasteiger partial charge on any atom is -0.466 e. The van der Waals surface area contributed by atoms with Gasteiger partial charge in [-0.15, -0.1) is 0 Å². The summed E-state index contributed by atoms with van der Waals surface area (Å²) in [5.74, 6) is -0.273. The van der Waals surface area contributed by atoms with E-state index >= 15 is 0 Å². The number of aliphatic hydroxyl groups excluding tert-OH is 1. The third-order valence-corrected chi connectivity index (χ3v) is 8.00. The van der Waals surface area contributed by atoms with E-state index in [0.717, 1.165) is 0 Å². The Hall–Kier alpha value is -0.393. The number of hydrogen-bond donors (Lipinski definition) is 1. The van der Waals surface area contributed by atoms with E-state index in [0.29, 0.717) is 19.4 Å². The molecule has 5 heteroatoms. The van der Waals surface area contributed by atoms with Crippen molar-refractivity contribution in [1.82, 2.24) is 0 Å². The first-order valence-electron chi connectivity index (χ1n) is 6.52. The van der Waals surface area contributed by atoms with Gasteiger partial charge in [0.05, 0.1) is 12.7 Å². The number of carbonyl (C=O) groups excluding carboxylic acids is 1. The summed E-state index contributed by atoms with van der Waals surface area (Å²) in [5.41, 5.74) is 0. The molecular formula is C13H28O4Si. The van der Waals surface area contributed by atoms with Crippen LogP contribution in [0, 0.1) is 0 Å². The molecule has 18 heavy (non-hydrogen) atoms. The fourth-order valence-electron chi connectivity index (χ4n) is 1.33. The van der Waals surface area contributed by atoms with E-state index in [1.165, 1.54) is 6.92 Å². The molecule has 0 aliphatic carbocycles. The molecule has 4 nitrogen and oxygen atoms in total. The molecule has 0 aromatic heterocycles. The Labute approximate surface area is 112 Å². The summed E-state index contributed by atoms with van der Waals surface area (Å²) >= 11 is 0. The summed E-state index contributed by atoms with van der Waals surface area (Å²) < 4.78 is 11.1. The quantitative estimate of drug-likeness (QED) is 0.574. The number of esters is 1. The molecule has 0 saturated heterocycles. The maximum Gasteiger partial charge on any atom is 0.302 e. The van der Waals surface area contributed by atoms with Gasteiger partial charge >= 0.3 is 5.97 Å². The predicted molar refractivity (Wildman–Crippen MR) is 75.0 cm³/mol. The highest BCUT2D eigenvalue weighted by atomic mass is 28.4. The second-order valence-electron chi connectivity index (χ2n) is 6.14. The fourth-order valence-corrected chi connectivity index (χ4v) is 2.76. The number of rotatable bonds is 7. The summed E-state index contributed by atoms with van der Waals surface area (Å²) in [6.07, 6.45) is 1.20. The topological polar surface area (TPSA) is 55.8 Å². The monoisotopic (exact) mass is 276 g/mol. The molecule has 0 bridgehead atoms. The van der Waals surface area contributed by atoms with Crippen molar-refractivity contribution >= 4 is 14.3 Å². The summed E-state index contributed by atoms with van der Waals surface area (Å²) in [6, 6.07) is 0. The second-order valence-corrected chi connectivity index (χ2v) is 10.9. The third kappa shape index (κ3) is 6.52. The Morgan fingerprint density at radius 2 is 1.83 bits per heavy atom. The average Bonchev–Trinajstić information content (AvgIpc) is 2.14. The highest BCUT2D eigenvalue weighted by Gasteiger charge is 2.38. The zero-order valence-electron chi connectivity index (χ0n) is 12.6. The molecule has 0 amide bonds. The van der Waals surface area contributed by atoms with Crippen LogP contribution in [0.4, 0.5) is 0 Å². The van der Waals surface area contributed by atoms with Crippen LogP contribution < -0.4 is 0 Å². The molecule has 0 saturated carbocycles. The molecule has 1 N–H and O–H groups in total. The molecule has 1 atom stereocenters. The van der Waals surface area contributed by atoms with Gasteiger partial charge in [0.2, 0.25) is 0 Å². The lowest BCUT2D eigenvalue weighted by atomic mass is 10.2. The first kappa shape index (κ1) is 17.6. The maximum absolute atomic E-state index is 10.7. The minimum atomic E-state index is -1.83. The highest BCUT2D eigenvalue weighted by molar-refractivity contribution is 6.74. The summed E-state index contributed by atoms with van der Waals surface area (Å²) in [5, 5.41) is 9.21. The van der Waals surface area contributed by atoms with Gasteiger partial charge < -0.3 is 14.3 Å². The van der Waals surface area contributed by atoms with Gasteiger partial charge in [-0.25, -0.2) is 0 Å². The molecule has 0 aliphatic heterocycles. The number of carbonyl (C=O) groups is 1. The zero-order chi connectivity index (χ0) is 14.4. The van der Waals surface area contributed by atoms with Crippen molar-refractivity contribution in [3.8, 4) is 0 Å². The molecule has 0 aliphatic rings. The molecule has 0 fully saturated rings. The van der Waals surface area contributed by atoms with Crippen molar-refractivity contribution in [3.63, 3.8) is 0 Å². The van der Waals surface area contributed by atoms with Gasteiger partial charge in [0.1, 0.15) is 0 Å². The number of aliphatic hydroxyl groups is 1. The van der Waals surface area contributed by atoms with E-state index in [9.17, 15) is 4.79 Å². The van der Waals surface area contributed by atoms with Crippen LogP contribution in [-0.4, -0.2) is 38.7 Å². The van der Waals surface area contributed by atoms with Gasteiger partial charge in [0, 0.05) is 20.0 Å². The molecule has 1 unspecified atom stereocenters. The Balaban J connectivity index is 4.38. The molecular weight excluding hydrogens is 248 g/mol. The maximum atomic E-state index is 10.7. The SMILES string of the molecule is CC(=O)OCCC(CCO)O[Si](C)(C)C(C)(C)C. The Kier molecular flexibility index (Phi) is 7.10. The highest BCUT2D eigenvalue weighted by Crippen LogP contribution is 2.37. The van der Waals surface area contributed by atoms with Crippen LogP contribution in [0.15, 0.2) is 0 Å². The molecule has 0 spiro atoms. The smallest absolute Gasteiger partial charge is 0.302 e. The van der Waals surface area contributed by atoms with Crippen molar-refractivity contribution in [3.05, 3.63) is 0 Å².